The first-order valence-corrected chi connectivity index (χ1v) is 22.7. The predicted octanol–water partition coefficient (Wildman–Crippen LogP) is 14.2. The monoisotopic (exact) mass is 812 g/mol. The van der Waals surface area contributed by atoms with Gasteiger partial charge in [0.05, 0.1) is 22.8 Å². The summed E-state index contributed by atoms with van der Waals surface area (Å²) >= 11 is 0. The van der Waals surface area contributed by atoms with Crippen molar-refractivity contribution in [1.29, 1.82) is 0 Å². The molecule has 3 heterocycles. The molecule has 8 aromatic rings. The Balaban J connectivity index is 0.881. The fourth-order valence-corrected chi connectivity index (χ4v) is 11.7. The molecule has 0 amide bonds. The lowest BCUT2D eigenvalue weighted by Crippen LogP contribution is -2.47. The summed E-state index contributed by atoms with van der Waals surface area (Å²) in [7, 11) is 0. The Bertz CT molecular complexity index is 3300. The molecule has 0 saturated carbocycles. The second-order valence-electron chi connectivity index (χ2n) is 18.6. The third-order valence-electron chi connectivity index (χ3n) is 14.8. The number of rotatable bonds is 5. The summed E-state index contributed by atoms with van der Waals surface area (Å²) in [6.45, 7) is 4.73. The number of hydrogen-bond donors (Lipinski definition) is 1. The summed E-state index contributed by atoms with van der Waals surface area (Å²) in [5, 5.41) is 6.43. The zero-order valence-corrected chi connectivity index (χ0v) is 35.7. The van der Waals surface area contributed by atoms with Crippen LogP contribution in [-0.4, -0.2) is 22.6 Å². The van der Waals surface area contributed by atoms with E-state index >= 15 is 0 Å². The maximum atomic E-state index is 5.59. The van der Waals surface area contributed by atoms with Crippen molar-refractivity contribution >= 4 is 38.9 Å². The highest BCUT2D eigenvalue weighted by atomic mass is 15.4. The first-order valence-electron chi connectivity index (χ1n) is 22.7. The smallest absolute Gasteiger partial charge is 0.197 e. The molecule has 0 fully saturated rings. The number of benzene rings is 7. The van der Waals surface area contributed by atoms with Crippen LogP contribution >= 0.6 is 0 Å². The highest BCUT2D eigenvalue weighted by Crippen LogP contribution is 2.51. The van der Waals surface area contributed by atoms with Crippen molar-refractivity contribution in [3.05, 3.63) is 221 Å². The Kier molecular flexibility index (Phi) is 8.06. The van der Waals surface area contributed by atoms with Crippen LogP contribution < -0.4 is 10.2 Å². The topological polar surface area (TPSA) is 32.6 Å². The maximum Gasteiger partial charge on any atom is 0.197 e. The number of para-hydroxylation sites is 2. The number of aliphatic imine (C=N–C) groups is 1. The van der Waals surface area contributed by atoms with E-state index in [-0.39, 0.29) is 17.7 Å². The van der Waals surface area contributed by atoms with Gasteiger partial charge in [-0.3, -0.25) is 0 Å². The average molecular weight is 813 g/mol. The van der Waals surface area contributed by atoms with E-state index in [1.165, 1.54) is 77.7 Å². The Labute approximate surface area is 369 Å². The third kappa shape index (κ3) is 5.56. The van der Waals surface area contributed by atoms with E-state index < -0.39 is 0 Å². The minimum Gasteiger partial charge on any atom is -0.346 e. The highest BCUT2D eigenvalue weighted by Gasteiger charge is 2.43. The minimum atomic E-state index is -0.246. The van der Waals surface area contributed by atoms with E-state index in [4.69, 9.17) is 4.99 Å². The number of nitrogens with zero attached hydrogens (tertiary/aromatic N) is 3. The first kappa shape index (κ1) is 36.5. The van der Waals surface area contributed by atoms with Crippen molar-refractivity contribution in [2.75, 3.05) is 10.2 Å². The zero-order chi connectivity index (χ0) is 41.8. The van der Waals surface area contributed by atoms with E-state index in [9.17, 15) is 0 Å². The Morgan fingerprint density at radius 1 is 0.619 bits per heavy atom. The number of fused-ring (bicyclic) bond motifs is 10. The summed E-state index contributed by atoms with van der Waals surface area (Å²) < 4.78 is 2.47. The highest BCUT2D eigenvalue weighted by molar-refractivity contribution is 6.17. The Morgan fingerprint density at radius 3 is 2.27 bits per heavy atom. The molecule has 1 N–H and O–H groups in total. The van der Waals surface area contributed by atoms with E-state index in [0.29, 0.717) is 11.8 Å². The van der Waals surface area contributed by atoms with Crippen LogP contribution in [0.1, 0.15) is 78.3 Å². The van der Waals surface area contributed by atoms with Crippen molar-refractivity contribution in [3.63, 3.8) is 0 Å². The average Bonchev–Trinajstić information content (AvgIpc) is 3.93. The van der Waals surface area contributed by atoms with Gasteiger partial charge < -0.3 is 14.8 Å². The molecule has 0 saturated heterocycles. The number of aromatic nitrogens is 1. The lowest BCUT2D eigenvalue weighted by Gasteiger charge is -2.38. The first-order chi connectivity index (χ1) is 31.0. The van der Waals surface area contributed by atoms with E-state index in [1.807, 2.05) is 0 Å². The Morgan fingerprint density at radius 2 is 1.38 bits per heavy atom. The molecular formula is C59H48N4. The molecule has 304 valence electrons. The molecule has 4 heteroatoms. The van der Waals surface area contributed by atoms with Crippen molar-refractivity contribution < 1.29 is 0 Å². The van der Waals surface area contributed by atoms with Gasteiger partial charge >= 0.3 is 0 Å². The van der Waals surface area contributed by atoms with Gasteiger partial charge in [-0.05, 0) is 112 Å². The molecule has 3 aliphatic carbocycles. The Hall–Kier alpha value is -7.17. The van der Waals surface area contributed by atoms with Gasteiger partial charge in [0.1, 0.15) is 0 Å². The lowest BCUT2D eigenvalue weighted by atomic mass is 9.82. The van der Waals surface area contributed by atoms with Crippen LogP contribution in [0.4, 0.5) is 11.4 Å². The van der Waals surface area contributed by atoms with Gasteiger partial charge in [0, 0.05) is 56.2 Å². The summed E-state index contributed by atoms with van der Waals surface area (Å²) in [6, 6.07) is 57.2. The van der Waals surface area contributed by atoms with Crippen LogP contribution in [0, 0.1) is 0 Å². The van der Waals surface area contributed by atoms with Crippen molar-refractivity contribution in [2.45, 2.75) is 62.7 Å². The quantitative estimate of drug-likeness (QED) is 0.176. The SMILES string of the molecule is CC1(C)c2ccccc2-c2ccc(-n3c4ccccc4c4cc(-c5ccc6c(c5)C5CCC=CC5N6C5N=C(c6ccc(C7C=CC=CC7)cc6)c6ccccc6N5)ccc43)cc21. The molecule has 1 aromatic heterocycles. The molecule has 0 radical (unpaired) electrons. The molecule has 7 aromatic carbocycles. The molecule has 4 atom stereocenters. The van der Waals surface area contributed by atoms with E-state index in [2.05, 4.69) is 217 Å². The van der Waals surface area contributed by atoms with Gasteiger partial charge in [0.15, 0.2) is 6.29 Å². The van der Waals surface area contributed by atoms with Gasteiger partial charge in [-0.15, -0.1) is 0 Å². The third-order valence-corrected chi connectivity index (χ3v) is 14.8. The molecule has 4 nitrogen and oxygen atoms in total. The summed E-state index contributed by atoms with van der Waals surface area (Å²) in [4.78, 5) is 8.14. The van der Waals surface area contributed by atoms with Crippen molar-refractivity contribution in [2.24, 2.45) is 4.99 Å². The van der Waals surface area contributed by atoms with Gasteiger partial charge in [-0.25, -0.2) is 4.99 Å². The number of anilines is 2. The maximum absolute atomic E-state index is 5.59. The fraction of sp³-hybridized carbons (Fsp3) is 0.169. The van der Waals surface area contributed by atoms with Crippen molar-refractivity contribution in [1.82, 2.24) is 4.57 Å². The van der Waals surface area contributed by atoms with Crippen LogP contribution in [0.25, 0.3) is 49.7 Å². The van der Waals surface area contributed by atoms with Gasteiger partial charge in [-0.2, -0.15) is 0 Å². The molecule has 4 unspecified atom stereocenters. The summed E-state index contributed by atoms with van der Waals surface area (Å²) in [5.41, 5.74) is 20.1. The second kappa shape index (κ2) is 13.9. The standard InChI is InChI=1S/C59H48N4/c1-59(2)50-20-10-6-16-43(50)44-31-30-42(36-51(44)59)62-53-22-12-8-17-45(53)48-34-40(28-32-55(48)62)41-29-33-56-49(35-41)46-18-9-13-23-54(46)63(56)58-60-52-21-11-7-19-47(52)57(61-58)39-26-24-38(25-27-39)37-14-4-3-5-15-37/h3-8,10-14,16-17,19-37,46,54,58,60H,9,15,18H2,1-2H3. The number of allylic oxidation sites excluding steroid dienone is 5. The molecule has 0 bridgehead atoms. The molecule has 5 aliphatic rings. The number of nitrogens with one attached hydrogen (secondary N) is 1. The van der Waals surface area contributed by atoms with Gasteiger partial charge in [0.25, 0.3) is 0 Å². The molecule has 0 spiro atoms. The molecule has 63 heavy (non-hydrogen) atoms. The largest absolute Gasteiger partial charge is 0.346 e. The summed E-state index contributed by atoms with van der Waals surface area (Å²) in [5.74, 6) is 0.810. The van der Waals surface area contributed by atoms with Crippen LogP contribution in [0.3, 0.4) is 0 Å². The second-order valence-corrected chi connectivity index (χ2v) is 18.6. The fourth-order valence-electron chi connectivity index (χ4n) is 11.7. The van der Waals surface area contributed by atoms with Crippen LogP contribution in [-0.2, 0) is 5.41 Å². The van der Waals surface area contributed by atoms with E-state index in [0.717, 1.165) is 41.8 Å². The van der Waals surface area contributed by atoms with E-state index in [1.54, 1.807) is 0 Å². The van der Waals surface area contributed by atoms with Crippen LogP contribution in [0.15, 0.2) is 193 Å². The van der Waals surface area contributed by atoms with Crippen LogP contribution in [0.2, 0.25) is 0 Å². The predicted molar refractivity (Wildman–Crippen MR) is 263 cm³/mol. The minimum absolute atomic E-state index is 0.0624. The normalized spacial score (nSPS) is 21.1. The zero-order valence-electron chi connectivity index (χ0n) is 35.7. The summed E-state index contributed by atoms with van der Waals surface area (Å²) in [6.07, 6.45) is 16.7. The molecular weight excluding hydrogens is 765 g/mol. The molecule has 2 aliphatic heterocycles. The van der Waals surface area contributed by atoms with Gasteiger partial charge in [0.2, 0.25) is 0 Å². The molecule has 13 rings (SSSR count). The lowest BCUT2D eigenvalue weighted by molar-refractivity contribution is 0.518. The number of hydrogen-bond acceptors (Lipinski definition) is 3. The van der Waals surface area contributed by atoms with Crippen molar-refractivity contribution in [3.8, 4) is 27.9 Å². The van der Waals surface area contributed by atoms with Gasteiger partial charge in [-0.1, -0.05) is 153 Å². The van der Waals surface area contributed by atoms with Crippen LogP contribution in [0.5, 0.6) is 0 Å².